The van der Waals surface area contributed by atoms with Crippen molar-refractivity contribution in [1.82, 2.24) is 20.2 Å². The van der Waals surface area contributed by atoms with Crippen LogP contribution in [0.3, 0.4) is 0 Å². The van der Waals surface area contributed by atoms with Gasteiger partial charge in [0.15, 0.2) is 0 Å². The van der Waals surface area contributed by atoms with E-state index in [-0.39, 0.29) is 30.4 Å². The maximum absolute atomic E-state index is 13.8. The molecule has 1 aromatic heterocycles. The van der Waals surface area contributed by atoms with E-state index >= 15 is 0 Å². The Kier molecular flexibility index (Phi) is 9.66. The third-order valence-corrected chi connectivity index (χ3v) is 7.23. The molecule has 1 N–H and O–H groups in total. The molecule has 41 heavy (non-hydrogen) atoms. The van der Waals surface area contributed by atoms with E-state index in [2.05, 4.69) is 15.3 Å². The lowest BCUT2D eigenvalue weighted by Crippen LogP contribution is -2.61. The minimum absolute atomic E-state index is 0.110. The van der Waals surface area contributed by atoms with E-state index in [9.17, 15) is 9.59 Å². The molecule has 5 rings (SSSR count). The van der Waals surface area contributed by atoms with E-state index in [1.165, 1.54) is 17.3 Å². The number of benzene rings is 2. The number of nitrogens with zero attached hydrogens (tertiary/aromatic N) is 4. The van der Waals surface area contributed by atoms with Crippen molar-refractivity contribution in [3.63, 3.8) is 0 Å². The molecule has 0 bridgehead atoms. The summed E-state index contributed by atoms with van der Waals surface area (Å²) in [6, 6.07) is 14.9. The molecule has 3 aromatic rings. The van der Waals surface area contributed by atoms with E-state index in [0.29, 0.717) is 50.0 Å². The molecule has 0 spiro atoms. The number of carbonyl (C=O) groups is 2. The van der Waals surface area contributed by atoms with Crippen molar-refractivity contribution in [2.75, 3.05) is 38.3 Å². The van der Waals surface area contributed by atoms with Gasteiger partial charge in [0, 0.05) is 36.1 Å². The summed E-state index contributed by atoms with van der Waals surface area (Å²) in [6.07, 6.45) is 5.60. The number of carbonyl (C=O) groups excluding carboxylic acids is 2. The lowest BCUT2D eigenvalue weighted by atomic mass is 10.1. The number of ether oxygens (including phenoxy) is 3. The van der Waals surface area contributed by atoms with Gasteiger partial charge in [-0.15, -0.1) is 0 Å². The van der Waals surface area contributed by atoms with Crippen LogP contribution in [0.25, 0.3) is 0 Å². The number of piperazine rings is 1. The second-order valence-corrected chi connectivity index (χ2v) is 10.5. The first-order valence-electron chi connectivity index (χ1n) is 13.8. The van der Waals surface area contributed by atoms with Gasteiger partial charge >= 0.3 is 6.01 Å². The zero-order valence-corrected chi connectivity index (χ0v) is 23.8. The molecule has 2 amide bonds. The Morgan fingerprint density at radius 2 is 1.93 bits per heavy atom. The van der Waals surface area contributed by atoms with Crippen molar-refractivity contribution in [1.29, 1.82) is 0 Å². The van der Waals surface area contributed by atoms with Crippen LogP contribution in [-0.4, -0.2) is 72.2 Å². The summed E-state index contributed by atoms with van der Waals surface area (Å²) in [5, 5.41) is 3.71. The van der Waals surface area contributed by atoms with Gasteiger partial charge in [-0.25, -0.2) is 9.97 Å². The van der Waals surface area contributed by atoms with E-state index in [1.807, 2.05) is 53.4 Å². The maximum Gasteiger partial charge on any atom is 0.316 e. The van der Waals surface area contributed by atoms with Crippen LogP contribution in [-0.2, 0) is 27.5 Å². The lowest BCUT2D eigenvalue weighted by molar-refractivity contribution is -0.136. The number of aromatic nitrogens is 2. The summed E-state index contributed by atoms with van der Waals surface area (Å²) < 4.78 is 16.7. The molecule has 1 saturated heterocycles. The Hall–Kier alpha value is -3.73. The molecule has 2 aromatic carbocycles. The van der Waals surface area contributed by atoms with Crippen LogP contribution in [0.1, 0.15) is 30.4 Å². The summed E-state index contributed by atoms with van der Waals surface area (Å²) in [6.45, 7) is 2.24. The van der Waals surface area contributed by atoms with Crippen molar-refractivity contribution in [2.24, 2.45) is 0 Å². The van der Waals surface area contributed by atoms with Crippen molar-refractivity contribution in [3.05, 3.63) is 77.1 Å². The zero-order chi connectivity index (χ0) is 28.6. The molecule has 10 nitrogen and oxygen atoms in total. The highest BCUT2D eigenvalue weighted by Crippen LogP contribution is 2.31. The van der Waals surface area contributed by atoms with Crippen LogP contribution in [0.15, 0.2) is 60.9 Å². The molecule has 1 aliphatic heterocycles. The average Bonchev–Trinajstić information content (AvgIpc) is 3.83. The first-order valence-corrected chi connectivity index (χ1v) is 14.1. The van der Waals surface area contributed by atoms with Crippen molar-refractivity contribution in [2.45, 2.75) is 44.5 Å². The van der Waals surface area contributed by atoms with Gasteiger partial charge in [0.05, 0.1) is 51.6 Å². The highest BCUT2D eigenvalue weighted by atomic mass is 35.5. The van der Waals surface area contributed by atoms with Crippen LogP contribution >= 0.6 is 11.6 Å². The second-order valence-electron chi connectivity index (χ2n) is 10.0. The summed E-state index contributed by atoms with van der Waals surface area (Å²) in [4.78, 5) is 38.7. The molecular formula is C30H34ClN5O5. The molecule has 0 unspecified atom stereocenters. The predicted molar refractivity (Wildman–Crippen MR) is 154 cm³/mol. The van der Waals surface area contributed by atoms with Crippen LogP contribution in [0.4, 0.5) is 5.69 Å². The Morgan fingerprint density at radius 1 is 1.12 bits per heavy atom. The number of hydrogen-bond acceptors (Lipinski definition) is 8. The number of anilines is 1. The number of hydrogen-bond donors (Lipinski definition) is 1. The van der Waals surface area contributed by atoms with Crippen LogP contribution < -0.4 is 19.7 Å². The fourth-order valence-electron chi connectivity index (χ4n) is 4.82. The van der Waals surface area contributed by atoms with E-state index in [0.717, 1.165) is 29.7 Å². The molecular weight excluding hydrogens is 546 g/mol. The number of para-hydroxylation sites is 1. The SMILES string of the molecule is COc1ccccc1COCCCOc1ncc(N2C(=O)CNC[C@@H]2C(=O)N(Cc2cccc(Cl)c2)C2CC2)cn1. The molecule has 1 atom stereocenters. The standard InChI is InChI=1S/C30H34ClN5O5/c1-39-27-9-3-2-7-22(27)20-40-12-5-13-41-30-33-15-25(16-34-30)36-26(17-32-18-28(36)37)29(38)35(24-10-11-24)19-21-6-4-8-23(31)14-21/h2-4,6-9,14-16,24,26,32H,5,10-13,17-20H2,1H3/t26-/m1/s1. The van der Waals surface area contributed by atoms with Gasteiger partial charge in [0.1, 0.15) is 11.8 Å². The van der Waals surface area contributed by atoms with Crippen LogP contribution in [0.5, 0.6) is 11.8 Å². The third kappa shape index (κ3) is 7.52. The van der Waals surface area contributed by atoms with E-state index in [1.54, 1.807) is 7.11 Å². The topological polar surface area (TPSA) is 106 Å². The van der Waals surface area contributed by atoms with Gasteiger partial charge in [-0.2, -0.15) is 0 Å². The normalized spacial score (nSPS) is 16.9. The summed E-state index contributed by atoms with van der Waals surface area (Å²) in [5.74, 6) is 0.476. The summed E-state index contributed by atoms with van der Waals surface area (Å²) >= 11 is 6.17. The first kappa shape index (κ1) is 28.8. The van der Waals surface area contributed by atoms with E-state index in [4.69, 9.17) is 25.8 Å². The van der Waals surface area contributed by atoms with Gasteiger partial charge in [0.2, 0.25) is 11.8 Å². The molecule has 1 saturated carbocycles. The highest BCUT2D eigenvalue weighted by molar-refractivity contribution is 6.30. The molecule has 2 fully saturated rings. The number of rotatable bonds is 13. The van der Waals surface area contributed by atoms with Gasteiger partial charge in [-0.1, -0.05) is 41.9 Å². The van der Waals surface area contributed by atoms with Gasteiger partial charge in [-0.05, 0) is 36.6 Å². The van der Waals surface area contributed by atoms with Gasteiger partial charge < -0.3 is 24.4 Å². The van der Waals surface area contributed by atoms with Crippen molar-refractivity contribution < 1.29 is 23.8 Å². The number of amides is 2. The number of halogens is 1. The number of methoxy groups -OCH3 is 1. The minimum Gasteiger partial charge on any atom is -0.496 e. The van der Waals surface area contributed by atoms with Gasteiger partial charge in [-0.3, -0.25) is 14.5 Å². The number of nitrogens with one attached hydrogen (secondary N) is 1. The monoisotopic (exact) mass is 579 g/mol. The molecule has 2 heterocycles. The maximum atomic E-state index is 13.8. The largest absolute Gasteiger partial charge is 0.496 e. The Balaban J connectivity index is 1.16. The quantitative estimate of drug-likeness (QED) is 0.306. The Labute approximate surface area is 244 Å². The summed E-state index contributed by atoms with van der Waals surface area (Å²) in [7, 11) is 1.64. The molecule has 216 valence electrons. The van der Waals surface area contributed by atoms with E-state index < -0.39 is 6.04 Å². The highest BCUT2D eigenvalue weighted by Gasteiger charge is 2.41. The Bertz CT molecular complexity index is 1340. The molecule has 11 heteroatoms. The molecule has 2 aliphatic rings. The Morgan fingerprint density at radius 3 is 2.68 bits per heavy atom. The van der Waals surface area contributed by atoms with Crippen molar-refractivity contribution >= 4 is 29.1 Å². The van der Waals surface area contributed by atoms with Gasteiger partial charge in [0.25, 0.3) is 0 Å². The van der Waals surface area contributed by atoms with Crippen LogP contribution in [0.2, 0.25) is 5.02 Å². The average molecular weight is 580 g/mol. The zero-order valence-electron chi connectivity index (χ0n) is 23.0. The molecule has 0 radical (unpaired) electrons. The smallest absolute Gasteiger partial charge is 0.316 e. The lowest BCUT2D eigenvalue weighted by Gasteiger charge is -2.37. The first-order chi connectivity index (χ1) is 20.0. The fraction of sp³-hybridized carbons (Fsp3) is 0.400. The van der Waals surface area contributed by atoms with Crippen molar-refractivity contribution in [3.8, 4) is 11.8 Å². The van der Waals surface area contributed by atoms with Crippen LogP contribution in [0, 0.1) is 0 Å². The molecule has 1 aliphatic carbocycles. The summed E-state index contributed by atoms with van der Waals surface area (Å²) in [5.41, 5.74) is 2.40. The predicted octanol–water partition coefficient (Wildman–Crippen LogP) is 3.62. The third-order valence-electron chi connectivity index (χ3n) is 7.00. The minimum atomic E-state index is -0.702. The second kappa shape index (κ2) is 13.8. The fourth-order valence-corrected chi connectivity index (χ4v) is 5.03.